The maximum Gasteiger partial charge on any atom is 0.259 e. The van der Waals surface area contributed by atoms with Gasteiger partial charge in [-0.05, 0) is 25.1 Å². The summed E-state index contributed by atoms with van der Waals surface area (Å²) in [6, 6.07) is 18.6. The van der Waals surface area contributed by atoms with Gasteiger partial charge in [-0.25, -0.2) is 9.37 Å². The number of amides is 1. The van der Waals surface area contributed by atoms with Gasteiger partial charge in [0.05, 0.1) is 22.3 Å². The normalized spacial score (nSPS) is 11.0. The van der Waals surface area contributed by atoms with E-state index in [1.807, 2.05) is 30.3 Å². The van der Waals surface area contributed by atoms with Crippen LogP contribution in [-0.2, 0) is 0 Å². The van der Waals surface area contributed by atoms with Gasteiger partial charge in [0.2, 0.25) is 5.88 Å². The highest BCUT2D eigenvalue weighted by molar-refractivity contribution is 6.15. The molecule has 31 heavy (non-hydrogen) atoms. The first kappa shape index (κ1) is 18.7. The van der Waals surface area contributed by atoms with Crippen molar-refractivity contribution in [2.75, 3.05) is 5.32 Å². The van der Waals surface area contributed by atoms with E-state index in [1.165, 1.54) is 12.1 Å². The lowest BCUT2D eigenvalue weighted by atomic mass is 10.0. The van der Waals surface area contributed by atoms with E-state index >= 15 is 0 Å². The second-order valence-electron chi connectivity index (χ2n) is 6.90. The Labute approximate surface area is 175 Å². The maximum absolute atomic E-state index is 14.4. The van der Waals surface area contributed by atoms with Crippen molar-refractivity contribution in [3.63, 3.8) is 0 Å². The highest BCUT2D eigenvalue weighted by Gasteiger charge is 2.23. The zero-order chi connectivity index (χ0) is 21.4. The molecular formula is C23H15FN4O3. The van der Waals surface area contributed by atoms with E-state index < -0.39 is 11.7 Å². The van der Waals surface area contributed by atoms with Crippen LogP contribution >= 0.6 is 0 Å². The SMILES string of the molecule is Cc1cc(NC(=O)c2cc(-c3ccccc3F)nc3onc(-c4ccccc4)c23)on1. The van der Waals surface area contributed by atoms with E-state index in [1.54, 1.807) is 31.2 Å². The number of fused-ring (bicyclic) bond motifs is 1. The molecule has 0 radical (unpaired) electrons. The van der Waals surface area contributed by atoms with Crippen molar-refractivity contribution >= 4 is 22.9 Å². The molecule has 2 aromatic carbocycles. The summed E-state index contributed by atoms with van der Waals surface area (Å²) < 4.78 is 25.0. The average Bonchev–Trinajstić information content (AvgIpc) is 3.40. The van der Waals surface area contributed by atoms with E-state index in [9.17, 15) is 9.18 Å². The standard InChI is InChI=1S/C23H15FN4O3/c1-13-11-19(30-27-13)26-22(29)16-12-18(15-9-5-6-10-17(15)24)25-23-20(16)21(28-31-23)14-7-3-2-4-8-14/h2-12H,1H3,(H,26,29). The second kappa shape index (κ2) is 7.49. The highest BCUT2D eigenvalue weighted by atomic mass is 19.1. The van der Waals surface area contributed by atoms with Gasteiger partial charge in [-0.15, -0.1) is 0 Å². The number of anilines is 1. The fraction of sp³-hybridized carbons (Fsp3) is 0.0435. The number of carbonyl (C=O) groups is 1. The number of nitrogens with one attached hydrogen (secondary N) is 1. The number of halogens is 1. The minimum Gasteiger partial charge on any atom is -0.338 e. The van der Waals surface area contributed by atoms with Gasteiger partial charge in [-0.3, -0.25) is 10.1 Å². The molecule has 1 N–H and O–H groups in total. The molecule has 0 unspecified atom stereocenters. The van der Waals surface area contributed by atoms with Crippen molar-refractivity contribution in [2.45, 2.75) is 6.92 Å². The van der Waals surface area contributed by atoms with Gasteiger partial charge in [0.15, 0.2) is 0 Å². The largest absolute Gasteiger partial charge is 0.338 e. The molecule has 0 saturated heterocycles. The average molecular weight is 414 g/mol. The summed E-state index contributed by atoms with van der Waals surface area (Å²) in [5.74, 6) is -0.756. The van der Waals surface area contributed by atoms with E-state index in [0.717, 1.165) is 5.56 Å². The summed E-state index contributed by atoms with van der Waals surface area (Å²) in [5, 5.41) is 11.0. The number of benzene rings is 2. The van der Waals surface area contributed by atoms with Crippen molar-refractivity contribution in [3.05, 3.63) is 83.8 Å². The summed E-state index contributed by atoms with van der Waals surface area (Å²) in [5.41, 5.74) is 2.67. The molecule has 8 heteroatoms. The Morgan fingerprint density at radius 1 is 0.968 bits per heavy atom. The lowest BCUT2D eigenvalue weighted by Crippen LogP contribution is -2.12. The number of carbonyl (C=O) groups excluding carboxylic acids is 1. The molecule has 1 amide bonds. The third-order valence-corrected chi connectivity index (χ3v) is 4.75. The Hall–Kier alpha value is -4.33. The molecule has 0 fully saturated rings. The van der Waals surface area contributed by atoms with Crippen LogP contribution in [0.2, 0.25) is 0 Å². The number of hydrogen-bond donors (Lipinski definition) is 1. The smallest absolute Gasteiger partial charge is 0.259 e. The minimum absolute atomic E-state index is 0.124. The van der Waals surface area contributed by atoms with Crippen LogP contribution in [0.1, 0.15) is 16.1 Å². The Morgan fingerprint density at radius 2 is 1.74 bits per heavy atom. The van der Waals surface area contributed by atoms with E-state index in [-0.39, 0.29) is 28.4 Å². The Balaban J connectivity index is 1.71. The van der Waals surface area contributed by atoms with Gasteiger partial charge < -0.3 is 9.05 Å². The molecule has 0 spiro atoms. The van der Waals surface area contributed by atoms with Crippen molar-refractivity contribution in [1.29, 1.82) is 0 Å². The summed E-state index contributed by atoms with van der Waals surface area (Å²) in [4.78, 5) is 17.6. The van der Waals surface area contributed by atoms with E-state index in [2.05, 4.69) is 20.6 Å². The molecule has 3 aromatic heterocycles. The number of aryl methyl sites for hydroxylation is 1. The molecule has 5 rings (SSSR count). The summed E-state index contributed by atoms with van der Waals surface area (Å²) >= 11 is 0. The van der Waals surface area contributed by atoms with Crippen molar-refractivity contribution in [1.82, 2.24) is 15.3 Å². The van der Waals surface area contributed by atoms with Gasteiger partial charge in [-0.2, -0.15) is 0 Å². The van der Waals surface area contributed by atoms with Crippen LogP contribution in [-0.4, -0.2) is 21.2 Å². The van der Waals surface area contributed by atoms with E-state index in [0.29, 0.717) is 16.8 Å². The molecule has 3 heterocycles. The molecular weight excluding hydrogens is 399 g/mol. The first-order chi connectivity index (χ1) is 15.1. The van der Waals surface area contributed by atoms with Crippen molar-refractivity contribution in [2.24, 2.45) is 0 Å². The number of rotatable bonds is 4. The third kappa shape index (κ3) is 3.44. The molecule has 5 aromatic rings. The van der Waals surface area contributed by atoms with Gasteiger partial charge in [0.1, 0.15) is 11.5 Å². The van der Waals surface area contributed by atoms with E-state index in [4.69, 9.17) is 9.05 Å². The molecule has 0 atom stereocenters. The lowest BCUT2D eigenvalue weighted by Gasteiger charge is -2.08. The first-order valence-electron chi connectivity index (χ1n) is 9.45. The molecule has 0 bridgehead atoms. The minimum atomic E-state index is -0.485. The summed E-state index contributed by atoms with van der Waals surface area (Å²) in [6.07, 6.45) is 0. The predicted octanol–water partition coefficient (Wildman–Crippen LogP) is 5.24. The predicted molar refractivity (Wildman–Crippen MR) is 112 cm³/mol. The Morgan fingerprint density at radius 3 is 2.48 bits per heavy atom. The number of pyridine rings is 1. The molecule has 152 valence electrons. The molecule has 0 saturated carbocycles. The quantitative estimate of drug-likeness (QED) is 0.432. The number of hydrogen-bond acceptors (Lipinski definition) is 6. The van der Waals surface area contributed by atoms with Crippen LogP contribution < -0.4 is 5.32 Å². The Bertz CT molecular complexity index is 1410. The zero-order valence-electron chi connectivity index (χ0n) is 16.3. The number of nitrogens with zero attached hydrogens (tertiary/aromatic N) is 3. The van der Waals surface area contributed by atoms with Gasteiger partial charge in [0, 0.05) is 17.2 Å². The van der Waals surface area contributed by atoms with Gasteiger partial charge in [-0.1, -0.05) is 52.8 Å². The summed E-state index contributed by atoms with van der Waals surface area (Å²) in [6.45, 7) is 1.74. The first-order valence-corrected chi connectivity index (χ1v) is 9.45. The van der Waals surface area contributed by atoms with Crippen LogP contribution in [0.25, 0.3) is 33.6 Å². The fourth-order valence-corrected chi connectivity index (χ4v) is 3.33. The van der Waals surface area contributed by atoms with Crippen LogP contribution in [0.3, 0.4) is 0 Å². The van der Waals surface area contributed by atoms with Crippen LogP contribution in [0.4, 0.5) is 10.3 Å². The van der Waals surface area contributed by atoms with Crippen LogP contribution in [0.5, 0.6) is 0 Å². The highest BCUT2D eigenvalue weighted by Crippen LogP contribution is 2.33. The fourth-order valence-electron chi connectivity index (χ4n) is 3.33. The Kier molecular flexibility index (Phi) is 4.51. The summed E-state index contributed by atoms with van der Waals surface area (Å²) in [7, 11) is 0. The van der Waals surface area contributed by atoms with Crippen molar-refractivity contribution < 1.29 is 18.2 Å². The lowest BCUT2D eigenvalue weighted by molar-refractivity contribution is 0.102. The zero-order valence-corrected chi connectivity index (χ0v) is 16.3. The van der Waals surface area contributed by atoms with Gasteiger partial charge in [0.25, 0.3) is 11.6 Å². The maximum atomic E-state index is 14.4. The van der Waals surface area contributed by atoms with Crippen molar-refractivity contribution in [3.8, 4) is 22.5 Å². The third-order valence-electron chi connectivity index (χ3n) is 4.75. The monoisotopic (exact) mass is 414 g/mol. The molecule has 0 aliphatic carbocycles. The second-order valence-corrected chi connectivity index (χ2v) is 6.90. The topological polar surface area (TPSA) is 94.1 Å². The number of aromatic nitrogens is 3. The molecule has 0 aliphatic rings. The van der Waals surface area contributed by atoms with Gasteiger partial charge >= 0.3 is 0 Å². The molecule has 0 aliphatic heterocycles. The molecule has 7 nitrogen and oxygen atoms in total. The van der Waals surface area contributed by atoms with Crippen LogP contribution in [0.15, 0.2) is 75.8 Å². The van der Waals surface area contributed by atoms with Crippen LogP contribution in [0, 0.1) is 12.7 Å².